The summed E-state index contributed by atoms with van der Waals surface area (Å²) >= 11 is 0. The van der Waals surface area contributed by atoms with E-state index in [-0.39, 0.29) is 0 Å². The van der Waals surface area contributed by atoms with E-state index in [1.807, 2.05) is 0 Å². The van der Waals surface area contributed by atoms with Gasteiger partial charge in [0.2, 0.25) is 0 Å². The van der Waals surface area contributed by atoms with Crippen molar-refractivity contribution in [1.29, 1.82) is 0 Å². The first-order valence-electron chi connectivity index (χ1n) is 6.14. The second-order valence-electron chi connectivity index (χ2n) is 4.49. The predicted molar refractivity (Wildman–Crippen MR) is 66.1 cm³/mol. The third kappa shape index (κ3) is 2.95. The van der Waals surface area contributed by atoms with E-state index in [1.165, 1.54) is 43.2 Å². The molecule has 0 nitrogen and oxygen atoms in total. The molecule has 0 aromatic heterocycles. The minimum atomic E-state index is 1.13. The molecule has 0 amide bonds. The maximum Gasteiger partial charge on any atom is -0.00948 e. The van der Waals surface area contributed by atoms with Crippen molar-refractivity contribution >= 4 is 0 Å². The molecule has 1 aromatic rings. The molecule has 0 unspecified atom stereocenters. The molecule has 0 radical (unpaired) electrons. The number of allylic oxidation sites excluding steroid dienone is 2. The Balaban J connectivity index is 1.91. The van der Waals surface area contributed by atoms with Crippen LogP contribution in [0.5, 0.6) is 0 Å². The normalized spacial score (nSPS) is 14.9. The van der Waals surface area contributed by atoms with Crippen LogP contribution < -0.4 is 0 Å². The number of rotatable bonds is 4. The van der Waals surface area contributed by atoms with Gasteiger partial charge >= 0.3 is 0 Å². The van der Waals surface area contributed by atoms with Gasteiger partial charge in [0.25, 0.3) is 0 Å². The molecule has 0 heterocycles. The Hall–Kier alpha value is -1.04. The van der Waals surface area contributed by atoms with Crippen LogP contribution in [0.25, 0.3) is 0 Å². The van der Waals surface area contributed by atoms with Crippen LogP contribution in [0, 0.1) is 0 Å². The van der Waals surface area contributed by atoms with Gasteiger partial charge in [0.1, 0.15) is 0 Å². The monoisotopic (exact) mass is 200 g/mol. The second-order valence-corrected chi connectivity index (χ2v) is 4.49. The molecule has 0 atom stereocenters. The molecule has 0 saturated heterocycles. The maximum absolute atomic E-state index is 2.42. The molecule has 2 rings (SSSR count). The second kappa shape index (κ2) is 5.16. The topological polar surface area (TPSA) is 0 Å². The third-order valence-corrected chi connectivity index (χ3v) is 3.18. The molecule has 0 aliphatic heterocycles. The van der Waals surface area contributed by atoms with Gasteiger partial charge in [0, 0.05) is 0 Å². The molecule has 80 valence electrons. The van der Waals surface area contributed by atoms with Crippen LogP contribution in [0.15, 0.2) is 35.9 Å². The van der Waals surface area contributed by atoms with Gasteiger partial charge in [0.15, 0.2) is 0 Å². The number of benzene rings is 1. The van der Waals surface area contributed by atoms with E-state index in [0.29, 0.717) is 0 Å². The molecule has 1 aliphatic rings. The highest BCUT2D eigenvalue weighted by atomic mass is 14.1. The molecule has 0 spiro atoms. The van der Waals surface area contributed by atoms with E-state index in [9.17, 15) is 0 Å². The molecule has 0 heteroatoms. The summed E-state index contributed by atoms with van der Waals surface area (Å²) in [6, 6.07) is 9.11. The van der Waals surface area contributed by atoms with E-state index in [1.54, 1.807) is 5.57 Å². The Kier molecular flexibility index (Phi) is 3.60. The summed E-state index contributed by atoms with van der Waals surface area (Å²) in [5.41, 5.74) is 4.58. The van der Waals surface area contributed by atoms with Crippen LogP contribution in [0.2, 0.25) is 0 Å². The SMILES string of the molecule is CCCc1ccc(CC=C2CCC2)cc1. The lowest BCUT2D eigenvalue weighted by Crippen LogP contribution is -1.97. The minimum absolute atomic E-state index is 1.13. The first kappa shape index (κ1) is 10.5. The molecule has 1 fully saturated rings. The van der Waals surface area contributed by atoms with Crippen molar-refractivity contribution in [2.75, 3.05) is 0 Å². The first-order valence-corrected chi connectivity index (χ1v) is 6.14. The van der Waals surface area contributed by atoms with E-state index < -0.39 is 0 Å². The van der Waals surface area contributed by atoms with Gasteiger partial charge < -0.3 is 0 Å². The van der Waals surface area contributed by atoms with E-state index >= 15 is 0 Å². The van der Waals surface area contributed by atoms with Crippen molar-refractivity contribution in [1.82, 2.24) is 0 Å². The lowest BCUT2D eigenvalue weighted by atomic mass is 9.91. The van der Waals surface area contributed by atoms with E-state index in [0.717, 1.165) is 6.42 Å². The predicted octanol–water partition coefficient (Wildman–Crippen LogP) is 4.29. The molecule has 1 aromatic carbocycles. The molecular weight excluding hydrogens is 180 g/mol. The minimum Gasteiger partial charge on any atom is -0.0809 e. The van der Waals surface area contributed by atoms with Gasteiger partial charge in [-0.1, -0.05) is 49.3 Å². The van der Waals surface area contributed by atoms with E-state index in [2.05, 4.69) is 37.3 Å². The summed E-state index contributed by atoms with van der Waals surface area (Å²) in [7, 11) is 0. The Bertz CT molecular complexity index is 324. The average molecular weight is 200 g/mol. The van der Waals surface area contributed by atoms with Gasteiger partial charge in [-0.3, -0.25) is 0 Å². The van der Waals surface area contributed by atoms with Gasteiger partial charge in [-0.25, -0.2) is 0 Å². The summed E-state index contributed by atoms with van der Waals surface area (Å²) in [6.45, 7) is 2.23. The fourth-order valence-electron chi connectivity index (χ4n) is 1.98. The zero-order valence-electron chi connectivity index (χ0n) is 9.63. The lowest BCUT2D eigenvalue weighted by molar-refractivity contribution is 0.658. The molecular formula is C15H20. The zero-order valence-corrected chi connectivity index (χ0v) is 9.63. The van der Waals surface area contributed by atoms with Crippen LogP contribution >= 0.6 is 0 Å². The summed E-state index contributed by atoms with van der Waals surface area (Å²) in [4.78, 5) is 0. The van der Waals surface area contributed by atoms with Crippen molar-refractivity contribution < 1.29 is 0 Å². The third-order valence-electron chi connectivity index (χ3n) is 3.18. The number of aryl methyl sites for hydroxylation is 1. The fourth-order valence-corrected chi connectivity index (χ4v) is 1.98. The smallest absolute Gasteiger partial charge is 0.00948 e. The molecule has 1 saturated carbocycles. The van der Waals surface area contributed by atoms with Crippen LogP contribution in [-0.4, -0.2) is 0 Å². The van der Waals surface area contributed by atoms with E-state index in [4.69, 9.17) is 0 Å². The molecule has 0 bridgehead atoms. The molecule has 0 N–H and O–H groups in total. The maximum atomic E-state index is 2.42. The van der Waals surface area contributed by atoms with Crippen LogP contribution in [0.1, 0.15) is 43.7 Å². The molecule has 15 heavy (non-hydrogen) atoms. The van der Waals surface area contributed by atoms with Crippen molar-refractivity contribution in [2.24, 2.45) is 0 Å². The Morgan fingerprint density at radius 1 is 1.07 bits per heavy atom. The summed E-state index contributed by atoms with van der Waals surface area (Å²) in [6.07, 6.45) is 10.1. The quantitative estimate of drug-likeness (QED) is 0.636. The van der Waals surface area contributed by atoms with Crippen LogP contribution in [0.3, 0.4) is 0 Å². The highest BCUT2D eigenvalue weighted by Gasteiger charge is 2.06. The number of hydrogen-bond donors (Lipinski definition) is 0. The first-order chi connectivity index (χ1) is 7.38. The van der Waals surface area contributed by atoms with Gasteiger partial charge in [-0.2, -0.15) is 0 Å². The Labute approximate surface area is 93.0 Å². The van der Waals surface area contributed by atoms with Gasteiger partial charge in [-0.05, 0) is 43.2 Å². The van der Waals surface area contributed by atoms with Crippen molar-refractivity contribution in [2.45, 2.75) is 45.4 Å². The number of hydrogen-bond acceptors (Lipinski definition) is 0. The van der Waals surface area contributed by atoms with Crippen molar-refractivity contribution in [3.05, 3.63) is 47.0 Å². The standard InChI is InChI=1S/C15H20/c1-2-4-13-7-10-15(11-8-13)12-9-14-5-3-6-14/h7-11H,2-6,12H2,1H3. The fraction of sp³-hybridized carbons (Fsp3) is 0.467. The highest BCUT2D eigenvalue weighted by Crippen LogP contribution is 2.25. The summed E-state index contributed by atoms with van der Waals surface area (Å²) < 4.78 is 0. The van der Waals surface area contributed by atoms with Gasteiger partial charge in [0.05, 0.1) is 0 Å². The highest BCUT2D eigenvalue weighted by molar-refractivity contribution is 5.25. The molecule has 1 aliphatic carbocycles. The summed E-state index contributed by atoms with van der Waals surface area (Å²) in [5.74, 6) is 0. The summed E-state index contributed by atoms with van der Waals surface area (Å²) in [5, 5.41) is 0. The van der Waals surface area contributed by atoms with Crippen LogP contribution in [0.4, 0.5) is 0 Å². The van der Waals surface area contributed by atoms with Gasteiger partial charge in [-0.15, -0.1) is 0 Å². The Morgan fingerprint density at radius 3 is 2.27 bits per heavy atom. The largest absolute Gasteiger partial charge is 0.0809 e. The van der Waals surface area contributed by atoms with Crippen LogP contribution in [-0.2, 0) is 12.8 Å². The zero-order chi connectivity index (χ0) is 10.5. The Morgan fingerprint density at radius 2 is 1.73 bits per heavy atom. The van der Waals surface area contributed by atoms with Crippen molar-refractivity contribution in [3.8, 4) is 0 Å². The average Bonchev–Trinajstić information content (AvgIpc) is 2.19. The van der Waals surface area contributed by atoms with Crippen molar-refractivity contribution in [3.63, 3.8) is 0 Å². The lowest BCUT2D eigenvalue weighted by Gasteiger charge is -2.15.